The van der Waals surface area contributed by atoms with E-state index < -0.39 is 0 Å². The third-order valence-corrected chi connectivity index (χ3v) is 3.35. The van der Waals surface area contributed by atoms with Crippen molar-refractivity contribution in [3.05, 3.63) is 16.5 Å². The van der Waals surface area contributed by atoms with Crippen molar-refractivity contribution in [1.29, 1.82) is 0 Å². The molecule has 86 valence electrons. The zero-order chi connectivity index (χ0) is 11.7. The molecule has 1 atom stereocenters. The molecule has 0 spiro atoms. The van der Waals surface area contributed by atoms with Crippen molar-refractivity contribution in [2.24, 2.45) is 5.92 Å². The zero-order valence-corrected chi connectivity index (χ0v) is 10.6. The van der Waals surface area contributed by atoms with E-state index in [4.69, 9.17) is 23.2 Å². The number of thiol groups is 1. The van der Waals surface area contributed by atoms with Crippen LogP contribution in [-0.2, 0) is 4.79 Å². The van der Waals surface area contributed by atoms with Crippen LogP contribution in [0.1, 0.15) is 6.42 Å². The van der Waals surface area contributed by atoms with Gasteiger partial charge in [0.05, 0.1) is 6.20 Å². The molecule has 1 saturated heterocycles. The Morgan fingerprint density at radius 3 is 2.88 bits per heavy atom. The number of nitrogens with zero attached hydrogens (tertiary/aromatic N) is 3. The van der Waals surface area contributed by atoms with Crippen LogP contribution in [0.2, 0.25) is 10.3 Å². The number of carbonyl (C=O) groups excluding carboxylic acids is 1. The Hall–Kier alpha value is -0.520. The molecule has 1 aromatic heterocycles. The summed E-state index contributed by atoms with van der Waals surface area (Å²) in [5.74, 6) is 1.28. The van der Waals surface area contributed by atoms with E-state index in [1.54, 1.807) is 0 Å². The van der Waals surface area contributed by atoms with E-state index in [9.17, 15) is 4.79 Å². The summed E-state index contributed by atoms with van der Waals surface area (Å²) in [7, 11) is 0. The van der Waals surface area contributed by atoms with Crippen LogP contribution in [0.15, 0.2) is 6.20 Å². The Bertz CT molecular complexity index is 429. The van der Waals surface area contributed by atoms with Crippen molar-refractivity contribution < 1.29 is 4.79 Å². The molecule has 1 aliphatic rings. The fourth-order valence-corrected chi connectivity index (χ4v) is 2.29. The lowest BCUT2D eigenvalue weighted by Gasteiger charge is -2.15. The van der Waals surface area contributed by atoms with Crippen molar-refractivity contribution in [1.82, 2.24) is 9.97 Å². The van der Waals surface area contributed by atoms with Crippen LogP contribution in [-0.4, -0.2) is 28.2 Å². The van der Waals surface area contributed by atoms with Gasteiger partial charge < -0.3 is 0 Å². The van der Waals surface area contributed by atoms with Crippen molar-refractivity contribution in [2.75, 3.05) is 17.2 Å². The van der Waals surface area contributed by atoms with Gasteiger partial charge in [-0.05, 0) is 11.7 Å². The van der Waals surface area contributed by atoms with Crippen molar-refractivity contribution in [2.45, 2.75) is 6.42 Å². The summed E-state index contributed by atoms with van der Waals surface area (Å²) in [4.78, 5) is 21.1. The van der Waals surface area contributed by atoms with E-state index >= 15 is 0 Å². The molecule has 1 fully saturated rings. The molecular formula is C9H9Cl2N3OS. The predicted molar refractivity (Wildman–Crippen MR) is 66.4 cm³/mol. The number of amides is 1. The first-order valence-electron chi connectivity index (χ1n) is 4.71. The minimum absolute atomic E-state index is 0.00225. The average molecular weight is 278 g/mol. The molecule has 4 nitrogen and oxygen atoms in total. The molecule has 2 rings (SSSR count). The molecule has 1 unspecified atom stereocenters. The SMILES string of the molecule is O=C1CC(CS)CN1c1ncc(Cl)nc1Cl. The number of aromatic nitrogens is 2. The van der Waals surface area contributed by atoms with E-state index in [1.807, 2.05) is 0 Å². The first-order chi connectivity index (χ1) is 7.61. The Labute approximate surface area is 108 Å². The lowest BCUT2D eigenvalue weighted by atomic mass is 10.1. The molecule has 0 N–H and O–H groups in total. The Morgan fingerprint density at radius 1 is 1.56 bits per heavy atom. The second-order valence-electron chi connectivity index (χ2n) is 3.56. The standard InChI is InChI=1S/C9H9Cl2N3OS/c10-6-2-12-9(8(11)13-6)14-3-5(4-16)1-7(14)15/h2,5,16H,1,3-4H2. The van der Waals surface area contributed by atoms with Gasteiger partial charge in [-0.2, -0.15) is 12.6 Å². The highest BCUT2D eigenvalue weighted by Gasteiger charge is 2.32. The largest absolute Gasteiger partial charge is 0.294 e. The van der Waals surface area contributed by atoms with Crippen LogP contribution < -0.4 is 4.90 Å². The van der Waals surface area contributed by atoms with Crippen LogP contribution in [0.4, 0.5) is 5.82 Å². The minimum Gasteiger partial charge on any atom is -0.294 e. The van der Waals surface area contributed by atoms with Gasteiger partial charge in [-0.25, -0.2) is 9.97 Å². The summed E-state index contributed by atoms with van der Waals surface area (Å²) in [6.07, 6.45) is 1.86. The minimum atomic E-state index is -0.00225. The van der Waals surface area contributed by atoms with Gasteiger partial charge in [0.1, 0.15) is 5.15 Å². The summed E-state index contributed by atoms with van der Waals surface area (Å²) in [6, 6.07) is 0. The van der Waals surface area contributed by atoms with Gasteiger partial charge in [0.2, 0.25) is 5.91 Å². The second-order valence-corrected chi connectivity index (χ2v) is 4.67. The Balaban J connectivity index is 2.28. The molecule has 0 aromatic carbocycles. The highest BCUT2D eigenvalue weighted by atomic mass is 35.5. The van der Waals surface area contributed by atoms with Gasteiger partial charge in [0.25, 0.3) is 0 Å². The average Bonchev–Trinajstić information content (AvgIpc) is 2.60. The van der Waals surface area contributed by atoms with E-state index in [0.717, 1.165) is 0 Å². The van der Waals surface area contributed by atoms with Crippen LogP contribution in [0, 0.1) is 5.92 Å². The van der Waals surface area contributed by atoms with E-state index in [2.05, 4.69) is 22.6 Å². The number of hydrogen-bond acceptors (Lipinski definition) is 4. The van der Waals surface area contributed by atoms with E-state index in [1.165, 1.54) is 11.1 Å². The lowest BCUT2D eigenvalue weighted by Crippen LogP contribution is -2.26. The topological polar surface area (TPSA) is 46.1 Å². The lowest BCUT2D eigenvalue weighted by molar-refractivity contribution is -0.117. The van der Waals surface area contributed by atoms with Gasteiger partial charge in [-0.1, -0.05) is 23.2 Å². The summed E-state index contributed by atoms with van der Waals surface area (Å²) < 4.78 is 0. The number of halogens is 2. The number of hydrogen-bond donors (Lipinski definition) is 1. The first kappa shape index (κ1) is 12.0. The Morgan fingerprint density at radius 2 is 2.31 bits per heavy atom. The number of carbonyl (C=O) groups is 1. The van der Waals surface area contributed by atoms with Crippen LogP contribution in [0.25, 0.3) is 0 Å². The van der Waals surface area contributed by atoms with Crippen LogP contribution >= 0.6 is 35.8 Å². The Kier molecular flexibility index (Phi) is 3.56. The van der Waals surface area contributed by atoms with Gasteiger partial charge >= 0.3 is 0 Å². The second kappa shape index (κ2) is 4.77. The molecule has 1 aromatic rings. The molecule has 2 heterocycles. The normalized spacial score (nSPS) is 20.6. The van der Waals surface area contributed by atoms with Crippen LogP contribution in [0.3, 0.4) is 0 Å². The molecule has 1 aliphatic heterocycles. The third kappa shape index (κ3) is 2.26. The van der Waals surface area contributed by atoms with Crippen LogP contribution in [0.5, 0.6) is 0 Å². The maximum atomic E-state index is 11.7. The van der Waals surface area contributed by atoms with Gasteiger partial charge in [0.15, 0.2) is 11.0 Å². The van der Waals surface area contributed by atoms with E-state index in [0.29, 0.717) is 24.5 Å². The van der Waals surface area contributed by atoms with E-state index in [-0.39, 0.29) is 22.1 Å². The molecule has 7 heteroatoms. The summed E-state index contributed by atoms with van der Waals surface area (Å²) in [6.45, 7) is 0.582. The van der Waals surface area contributed by atoms with Gasteiger partial charge in [0, 0.05) is 13.0 Å². The summed E-state index contributed by atoms with van der Waals surface area (Å²) >= 11 is 15.7. The monoisotopic (exact) mass is 277 g/mol. The molecular weight excluding hydrogens is 269 g/mol. The highest BCUT2D eigenvalue weighted by Crippen LogP contribution is 2.29. The fraction of sp³-hybridized carbons (Fsp3) is 0.444. The zero-order valence-electron chi connectivity index (χ0n) is 8.23. The molecule has 16 heavy (non-hydrogen) atoms. The highest BCUT2D eigenvalue weighted by molar-refractivity contribution is 7.80. The summed E-state index contributed by atoms with van der Waals surface area (Å²) in [5, 5.41) is 0.367. The fourth-order valence-electron chi connectivity index (χ4n) is 1.63. The van der Waals surface area contributed by atoms with Crippen molar-refractivity contribution >= 4 is 47.6 Å². The number of rotatable bonds is 2. The van der Waals surface area contributed by atoms with Crippen molar-refractivity contribution in [3.63, 3.8) is 0 Å². The molecule has 0 aliphatic carbocycles. The quantitative estimate of drug-likeness (QED) is 0.842. The maximum absolute atomic E-state index is 11.7. The first-order valence-corrected chi connectivity index (χ1v) is 6.10. The summed E-state index contributed by atoms with van der Waals surface area (Å²) in [5.41, 5.74) is 0. The molecule has 1 amide bonds. The van der Waals surface area contributed by atoms with Crippen molar-refractivity contribution in [3.8, 4) is 0 Å². The molecule has 0 bridgehead atoms. The van der Waals surface area contributed by atoms with Gasteiger partial charge in [-0.15, -0.1) is 0 Å². The molecule has 0 saturated carbocycles. The number of anilines is 1. The molecule has 0 radical (unpaired) electrons. The third-order valence-electron chi connectivity index (χ3n) is 2.40. The van der Waals surface area contributed by atoms with Gasteiger partial charge in [-0.3, -0.25) is 9.69 Å². The smallest absolute Gasteiger partial charge is 0.228 e. The predicted octanol–water partition coefficient (Wildman–Crippen LogP) is 2.07. The maximum Gasteiger partial charge on any atom is 0.228 e.